The molecule has 6 heteroatoms. The van der Waals surface area contributed by atoms with Crippen LogP contribution in [0.5, 0.6) is 0 Å². The molecule has 1 heterocycles. The summed E-state index contributed by atoms with van der Waals surface area (Å²) in [5.74, 6) is 0.668. The fraction of sp³-hybridized carbons (Fsp3) is 0.800. The van der Waals surface area contributed by atoms with Crippen molar-refractivity contribution in [3.63, 3.8) is 0 Å². The molecule has 0 aromatic heterocycles. The van der Waals surface area contributed by atoms with E-state index in [0.717, 1.165) is 12.2 Å². The number of carbonyl (C=O) groups is 2. The molecule has 1 fully saturated rings. The van der Waals surface area contributed by atoms with Crippen LogP contribution in [0.25, 0.3) is 0 Å². The summed E-state index contributed by atoms with van der Waals surface area (Å²) in [6, 6.07) is -0.474. The van der Waals surface area contributed by atoms with E-state index < -0.39 is 6.04 Å². The third kappa shape index (κ3) is 4.02. The molecule has 0 radical (unpaired) electrons. The summed E-state index contributed by atoms with van der Waals surface area (Å²) in [6.45, 7) is 1.40. The van der Waals surface area contributed by atoms with Crippen molar-refractivity contribution in [1.29, 1.82) is 0 Å². The largest absolute Gasteiger partial charge is 0.354 e. The van der Waals surface area contributed by atoms with Crippen LogP contribution in [-0.4, -0.2) is 54.4 Å². The smallest absolute Gasteiger partial charge is 0.239 e. The van der Waals surface area contributed by atoms with Crippen LogP contribution in [0.2, 0.25) is 0 Å². The zero-order valence-corrected chi connectivity index (χ0v) is 10.4. The summed E-state index contributed by atoms with van der Waals surface area (Å²) in [7, 11) is 0. The molecule has 16 heavy (non-hydrogen) atoms. The van der Waals surface area contributed by atoms with Crippen molar-refractivity contribution >= 4 is 23.6 Å². The second kappa shape index (κ2) is 6.75. The van der Waals surface area contributed by atoms with Crippen LogP contribution in [0, 0.1) is 0 Å². The Labute approximate surface area is 100 Å². The number of thioether (sulfide) groups is 1. The van der Waals surface area contributed by atoms with Crippen molar-refractivity contribution < 1.29 is 9.59 Å². The van der Waals surface area contributed by atoms with Crippen molar-refractivity contribution in [2.24, 2.45) is 5.73 Å². The minimum Gasteiger partial charge on any atom is -0.354 e. The molecule has 0 spiro atoms. The van der Waals surface area contributed by atoms with Gasteiger partial charge in [0.1, 0.15) is 0 Å². The lowest BCUT2D eigenvalue weighted by atomic mass is 10.2. The van der Waals surface area contributed by atoms with Gasteiger partial charge in [-0.25, -0.2) is 0 Å². The first-order valence-electron chi connectivity index (χ1n) is 5.45. The summed E-state index contributed by atoms with van der Waals surface area (Å²) >= 11 is 1.67. The van der Waals surface area contributed by atoms with Gasteiger partial charge in [0, 0.05) is 13.1 Å². The summed E-state index contributed by atoms with van der Waals surface area (Å²) in [6.07, 6.45) is 3.45. The van der Waals surface area contributed by atoms with Gasteiger partial charge in [-0.05, 0) is 24.9 Å². The quantitative estimate of drug-likeness (QED) is 0.694. The molecular weight excluding hydrogens is 226 g/mol. The molecule has 2 amide bonds. The van der Waals surface area contributed by atoms with Crippen molar-refractivity contribution in [3.8, 4) is 0 Å². The van der Waals surface area contributed by atoms with Crippen LogP contribution in [0.3, 0.4) is 0 Å². The van der Waals surface area contributed by atoms with E-state index in [2.05, 4.69) is 5.32 Å². The van der Waals surface area contributed by atoms with E-state index in [0.29, 0.717) is 19.5 Å². The predicted octanol–water partition coefficient (Wildman–Crippen LogP) is -0.585. The molecule has 0 bridgehead atoms. The first-order chi connectivity index (χ1) is 7.65. The molecule has 5 nitrogen and oxygen atoms in total. The Morgan fingerprint density at radius 2 is 2.44 bits per heavy atom. The highest BCUT2D eigenvalue weighted by molar-refractivity contribution is 7.98. The highest BCUT2D eigenvalue weighted by Gasteiger charge is 2.23. The van der Waals surface area contributed by atoms with Crippen LogP contribution in [-0.2, 0) is 9.59 Å². The van der Waals surface area contributed by atoms with E-state index in [1.807, 2.05) is 6.26 Å². The van der Waals surface area contributed by atoms with Gasteiger partial charge in [-0.1, -0.05) is 0 Å². The van der Waals surface area contributed by atoms with Gasteiger partial charge in [0.25, 0.3) is 0 Å². The van der Waals surface area contributed by atoms with Gasteiger partial charge < -0.3 is 16.0 Å². The van der Waals surface area contributed by atoms with E-state index in [4.69, 9.17) is 5.73 Å². The maximum absolute atomic E-state index is 11.9. The second-order valence-electron chi connectivity index (χ2n) is 3.85. The summed E-state index contributed by atoms with van der Waals surface area (Å²) in [5, 5.41) is 2.73. The minimum atomic E-state index is -0.474. The third-order valence-electron chi connectivity index (χ3n) is 2.52. The number of rotatable bonds is 4. The van der Waals surface area contributed by atoms with Crippen molar-refractivity contribution in [2.45, 2.75) is 18.9 Å². The first-order valence-corrected chi connectivity index (χ1v) is 6.84. The highest BCUT2D eigenvalue weighted by Crippen LogP contribution is 2.04. The second-order valence-corrected chi connectivity index (χ2v) is 4.84. The Kier molecular flexibility index (Phi) is 5.62. The lowest BCUT2D eigenvalue weighted by Gasteiger charge is -2.22. The van der Waals surface area contributed by atoms with Crippen LogP contribution in [0.15, 0.2) is 0 Å². The zero-order valence-electron chi connectivity index (χ0n) is 9.57. The van der Waals surface area contributed by atoms with Crippen LogP contribution in [0.4, 0.5) is 0 Å². The van der Waals surface area contributed by atoms with E-state index >= 15 is 0 Å². The molecule has 92 valence electrons. The monoisotopic (exact) mass is 245 g/mol. The molecular formula is C10H19N3O2S. The van der Waals surface area contributed by atoms with Gasteiger partial charge in [0.05, 0.1) is 12.6 Å². The van der Waals surface area contributed by atoms with E-state index in [9.17, 15) is 9.59 Å². The number of hydrogen-bond donors (Lipinski definition) is 2. The lowest BCUT2D eigenvalue weighted by Crippen LogP contribution is -2.46. The Hall–Kier alpha value is -0.750. The Morgan fingerprint density at radius 1 is 1.69 bits per heavy atom. The molecule has 1 atom stereocenters. The fourth-order valence-corrected chi connectivity index (χ4v) is 2.09. The summed E-state index contributed by atoms with van der Waals surface area (Å²) in [4.78, 5) is 24.8. The standard InChI is InChI=1S/C10H19N3O2S/c1-16-6-3-8(11)10(15)13-5-2-4-12-9(14)7-13/h8H,2-7,11H2,1H3,(H,12,14)/t8-/m0/s1. The number of nitrogens with one attached hydrogen (secondary N) is 1. The van der Waals surface area contributed by atoms with Crippen LogP contribution in [0.1, 0.15) is 12.8 Å². The summed E-state index contributed by atoms with van der Waals surface area (Å²) in [5.41, 5.74) is 5.79. The van der Waals surface area contributed by atoms with Gasteiger partial charge in [-0.2, -0.15) is 11.8 Å². The van der Waals surface area contributed by atoms with Crippen LogP contribution >= 0.6 is 11.8 Å². The van der Waals surface area contributed by atoms with E-state index in [-0.39, 0.29) is 18.4 Å². The maximum atomic E-state index is 11.9. The van der Waals surface area contributed by atoms with Gasteiger partial charge in [-0.15, -0.1) is 0 Å². The average molecular weight is 245 g/mol. The van der Waals surface area contributed by atoms with Crippen molar-refractivity contribution in [3.05, 3.63) is 0 Å². The Balaban J connectivity index is 2.47. The van der Waals surface area contributed by atoms with E-state index in [1.54, 1.807) is 16.7 Å². The molecule has 0 aromatic carbocycles. The maximum Gasteiger partial charge on any atom is 0.239 e. The zero-order chi connectivity index (χ0) is 12.0. The first kappa shape index (κ1) is 13.3. The topological polar surface area (TPSA) is 75.4 Å². The molecule has 1 rings (SSSR count). The lowest BCUT2D eigenvalue weighted by molar-refractivity contribution is -0.136. The normalized spacial score (nSPS) is 18.9. The average Bonchev–Trinajstić information content (AvgIpc) is 2.49. The number of carbonyl (C=O) groups excluding carboxylic acids is 2. The number of amides is 2. The predicted molar refractivity (Wildman–Crippen MR) is 65.2 cm³/mol. The fourth-order valence-electron chi connectivity index (χ4n) is 1.60. The van der Waals surface area contributed by atoms with Gasteiger partial charge in [0.2, 0.25) is 11.8 Å². The molecule has 1 saturated heterocycles. The third-order valence-corrected chi connectivity index (χ3v) is 3.17. The minimum absolute atomic E-state index is 0.0945. The van der Waals surface area contributed by atoms with Crippen LogP contribution < -0.4 is 11.1 Å². The summed E-state index contributed by atoms with van der Waals surface area (Å²) < 4.78 is 0. The Bertz CT molecular complexity index is 260. The molecule has 0 unspecified atom stereocenters. The molecule has 3 N–H and O–H groups in total. The molecule has 0 aliphatic carbocycles. The number of nitrogens with zero attached hydrogens (tertiary/aromatic N) is 1. The Morgan fingerprint density at radius 3 is 3.12 bits per heavy atom. The van der Waals surface area contributed by atoms with Gasteiger partial charge in [-0.3, -0.25) is 9.59 Å². The molecule has 0 saturated carbocycles. The highest BCUT2D eigenvalue weighted by atomic mass is 32.2. The number of hydrogen-bond acceptors (Lipinski definition) is 4. The van der Waals surface area contributed by atoms with Gasteiger partial charge >= 0.3 is 0 Å². The van der Waals surface area contributed by atoms with Gasteiger partial charge in [0.15, 0.2) is 0 Å². The van der Waals surface area contributed by atoms with E-state index in [1.165, 1.54) is 0 Å². The molecule has 1 aliphatic rings. The SMILES string of the molecule is CSCC[C@H](N)C(=O)N1CCCNC(=O)C1. The van der Waals surface area contributed by atoms with Crippen molar-refractivity contribution in [2.75, 3.05) is 31.6 Å². The molecule has 1 aliphatic heterocycles. The molecule has 0 aromatic rings. The number of nitrogens with two attached hydrogens (primary N) is 1. The van der Waals surface area contributed by atoms with Crippen molar-refractivity contribution in [1.82, 2.24) is 10.2 Å².